The minimum Gasteiger partial charge on any atom is -0.444 e. The predicted molar refractivity (Wildman–Crippen MR) is 93.7 cm³/mol. The van der Waals surface area contributed by atoms with E-state index in [9.17, 15) is 4.79 Å². The second-order valence-corrected chi connectivity index (χ2v) is 7.44. The summed E-state index contributed by atoms with van der Waals surface area (Å²) in [6.45, 7) is 15.3. The molecule has 0 bridgehead atoms. The molecule has 0 aliphatic rings. The fourth-order valence-electron chi connectivity index (χ4n) is 2.33. The first-order valence-electron chi connectivity index (χ1n) is 8.22. The van der Waals surface area contributed by atoms with Gasteiger partial charge in [0.25, 0.3) is 0 Å². The van der Waals surface area contributed by atoms with Crippen molar-refractivity contribution in [2.75, 3.05) is 18.4 Å². The second kappa shape index (κ2) is 7.70. The Morgan fingerprint density at radius 3 is 2.30 bits per heavy atom. The van der Waals surface area contributed by atoms with Crippen LogP contribution in [0.2, 0.25) is 0 Å². The zero-order valence-electron chi connectivity index (χ0n) is 15.8. The summed E-state index contributed by atoms with van der Waals surface area (Å²) < 4.78 is 7.16. The molecule has 0 aromatic carbocycles. The molecule has 0 aliphatic carbocycles. The molecule has 0 fully saturated rings. The van der Waals surface area contributed by atoms with Gasteiger partial charge in [0.2, 0.25) is 0 Å². The molecule has 1 amide bonds. The number of amides is 1. The van der Waals surface area contributed by atoms with Gasteiger partial charge in [0.1, 0.15) is 5.60 Å². The van der Waals surface area contributed by atoms with Gasteiger partial charge in [0.05, 0.1) is 17.1 Å². The smallest absolute Gasteiger partial charge is 0.407 e. The summed E-state index contributed by atoms with van der Waals surface area (Å²) >= 11 is 0. The van der Waals surface area contributed by atoms with E-state index in [1.54, 1.807) is 0 Å². The number of ether oxygens (including phenoxy) is 1. The zero-order chi connectivity index (χ0) is 17.8. The molecule has 132 valence electrons. The molecule has 1 aromatic rings. The van der Waals surface area contributed by atoms with Gasteiger partial charge in [-0.15, -0.1) is 0 Å². The number of nitrogens with zero attached hydrogens (tertiary/aromatic N) is 2. The minimum absolute atomic E-state index is 0.307. The van der Waals surface area contributed by atoms with Crippen LogP contribution in [0.25, 0.3) is 0 Å². The van der Waals surface area contributed by atoms with Crippen molar-refractivity contribution >= 4 is 11.8 Å². The highest BCUT2D eigenvalue weighted by Crippen LogP contribution is 2.20. The van der Waals surface area contributed by atoms with Gasteiger partial charge >= 0.3 is 6.09 Å². The number of nitrogens with one attached hydrogen (secondary N) is 2. The standard InChI is InChI=1S/C17H32N4O2/c1-11(2)14(10-19-16(22)23-17(5,6)7)9-18-15-12(3)20-21(8)13(15)4/h11,14,18H,9-10H2,1-8H3,(H,19,22). The van der Waals surface area contributed by atoms with E-state index in [1.165, 1.54) is 0 Å². The first-order chi connectivity index (χ1) is 10.5. The average molecular weight is 324 g/mol. The summed E-state index contributed by atoms with van der Waals surface area (Å²) in [4.78, 5) is 11.8. The van der Waals surface area contributed by atoms with Crippen LogP contribution >= 0.6 is 0 Å². The van der Waals surface area contributed by atoms with Crippen molar-refractivity contribution in [2.24, 2.45) is 18.9 Å². The lowest BCUT2D eigenvalue weighted by Gasteiger charge is -2.24. The highest BCUT2D eigenvalue weighted by molar-refractivity contribution is 5.67. The molecule has 2 N–H and O–H groups in total. The Morgan fingerprint density at radius 1 is 1.26 bits per heavy atom. The Bertz CT molecular complexity index is 529. The first-order valence-corrected chi connectivity index (χ1v) is 8.22. The van der Waals surface area contributed by atoms with Crippen molar-refractivity contribution in [3.63, 3.8) is 0 Å². The molecule has 0 saturated carbocycles. The molecule has 0 spiro atoms. The number of alkyl carbamates (subject to hydrolysis) is 1. The fourth-order valence-corrected chi connectivity index (χ4v) is 2.33. The predicted octanol–water partition coefficient (Wildman–Crippen LogP) is 3.25. The van der Waals surface area contributed by atoms with E-state index < -0.39 is 5.60 Å². The van der Waals surface area contributed by atoms with Gasteiger partial charge < -0.3 is 15.4 Å². The molecular weight excluding hydrogens is 292 g/mol. The SMILES string of the molecule is Cc1nn(C)c(C)c1NCC(CNC(=O)OC(C)(C)C)C(C)C. The fraction of sp³-hybridized carbons (Fsp3) is 0.765. The van der Waals surface area contributed by atoms with E-state index in [0.29, 0.717) is 18.4 Å². The average Bonchev–Trinajstić information content (AvgIpc) is 2.62. The van der Waals surface area contributed by atoms with Crippen LogP contribution in [-0.4, -0.2) is 34.6 Å². The lowest BCUT2D eigenvalue weighted by atomic mass is 9.95. The Hall–Kier alpha value is -1.72. The number of hydrogen-bond donors (Lipinski definition) is 2. The Balaban J connectivity index is 2.57. The van der Waals surface area contributed by atoms with Crippen LogP contribution in [0, 0.1) is 25.7 Å². The highest BCUT2D eigenvalue weighted by Gasteiger charge is 2.20. The van der Waals surface area contributed by atoms with Gasteiger partial charge in [0, 0.05) is 20.1 Å². The third-order valence-electron chi connectivity index (χ3n) is 3.90. The number of rotatable bonds is 6. The van der Waals surface area contributed by atoms with E-state index >= 15 is 0 Å². The quantitative estimate of drug-likeness (QED) is 0.843. The molecule has 23 heavy (non-hydrogen) atoms. The summed E-state index contributed by atoms with van der Waals surface area (Å²) in [6.07, 6.45) is -0.364. The van der Waals surface area contributed by atoms with Crippen molar-refractivity contribution in [3.8, 4) is 0 Å². The number of anilines is 1. The van der Waals surface area contributed by atoms with Crippen LogP contribution in [-0.2, 0) is 11.8 Å². The van der Waals surface area contributed by atoms with Crippen LogP contribution in [0.1, 0.15) is 46.0 Å². The summed E-state index contributed by atoms with van der Waals surface area (Å²) in [5.41, 5.74) is 2.72. The zero-order valence-corrected chi connectivity index (χ0v) is 15.8. The monoisotopic (exact) mass is 324 g/mol. The maximum atomic E-state index is 11.8. The van der Waals surface area contributed by atoms with E-state index in [-0.39, 0.29) is 6.09 Å². The second-order valence-electron chi connectivity index (χ2n) is 7.44. The molecule has 1 unspecified atom stereocenters. The van der Waals surface area contributed by atoms with Crippen LogP contribution in [0.4, 0.5) is 10.5 Å². The van der Waals surface area contributed by atoms with Crippen LogP contribution in [0.3, 0.4) is 0 Å². The largest absolute Gasteiger partial charge is 0.444 e. The van der Waals surface area contributed by atoms with E-state index in [4.69, 9.17) is 4.74 Å². The number of carbonyl (C=O) groups is 1. The minimum atomic E-state index is -0.473. The molecule has 6 nitrogen and oxygen atoms in total. The first kappa shape index (κ1) is 19.3. The molecule has 0 aliphatic heterocycles. The summed E-state index contributed by atoms with van der Waals surface area (Å²) in [7, 11) is 1.94. The van der Waals surface area contributed by atoms with Crippen molar-refractivity contribution < 1.29 is 9.53 Å². The maximum absolute atomic E-state index is 11.8. The molecule has 1 atom stereocenters. The topological polar surface area (TPSA) is 68.2 Å². The van der Waals surface area contributed by atoms with Crippen molar-refractivity contribution in [3.05, 3.63) is 11.4 Å². The lowest BCUT2D eigenvalue weighted by Crippen LogP contribution is -2.38. The Kier molecular flexibility index (Phi) is 6.47. The summed E-state index contributed by atoms with van der Waals surface area (Å²) in [5, 5.41) is 10.8. The van der Waals surface area contributed by atoms with E-state index in [1.807, 2.05) is 46.3 Å². The molecule has 0 radical (unpaired) electrons. The van der Waals surface area contributed by atoms with Gasteiger partial charge in [0.15, 0.2) is 0 Å². The van der Waals surface area contributed by atoms with Gasteiger partial charge in [-0.25, -0.2) is 4.79 Å². The molecular formula is C17H32N4O2. The third kappa shape index (κ3) is 6.12. The van der Waals surface area contributed by atoms with Crippen LogP contribution < -0.4 is 10.6 Å². The molecule has 6 heteroatoms. The van der Waals surface area contributed by atoms with Gasteiger partial charge in [-0.3, -0.25) is 4.68 Å². The van der Waals surface area contributed by atoms with E-state index in [0.717, 1.165) is 23.6 Å². The van der Waals surface area contributed by atoms with E-state index in [2.05, 4.69) is 29.6 Å². The molecule has 1 heterocycles. The number of hydrogen-bond acceptors (Lipinski definition) is 4. The van der Waals surface area contributed by atoms with Crippen molar-refractivity contribution in [1.29, 1.82) is 0 Å². The number of aromatic nitrogens is 2. The maximum Gasteiger partial charge on any atom is 0.407 e. The molecule has 0 saturated heterocycles. The summed E-state index contributed by atoms with van der Waals surface area (Å²) in [5.74, 6) is 0.747. The van der Waals surface area contributed by atoms with Crippen LogP contribution in [0.15, 0.2) is 0 Å². The number of aryl methyl sites for hydroxylation is 2. The Morgan fingerprint density at radius 2 is 1.87 bits per heavy atom. The van der Waals surface area contributed by atoms with Crippen LogP contribution in [0.5, 0.6) is 0 Å². The summed E-state index contributed by atoms with van der Waals surface area (Å²) in [6, 6.07) is 0. The third-order valence-corrected chi connectivity index (χ3v) is 3.90. The van der Waals surface area contributed by atoms with Crippen molar-refractivity contribution in [1.82, 2.24) is 15.1 Å². The van der Waals surface area contributed by atoms with Crippen molar-refractivity contribution in [2.45, 2.75) is 54.1 Å². The number of carbonyl (C=O) groups excluding carboxylic acids is 1. The van der Waals surface area contributed by atoms with Gasteiger partial charge in [-0.1, -0.05) is 13.8 Å². The highest BCUT2D eigenvalue weighted by atomic mass is 16.6. The van der Waals surface area contributed by atoms with Gasteiger partial charge in [-0.2, -0.15) is 5.10 Å². The normalized spacial score (nSPS) is 13.1. The molecule has 1 rings (SSSR count). The molecule has 1 aromatic heterocycles. The lowest BCUT2D eigenvalue weighted by molar-refractivity contribution is 0.0516. The van der Waals surface area contributed by atoms with Gasteiger partial charge in [-0.05, 0) is 46.5 Å². The Labute approximate surface area is 140 Å².